The molecule has 1 atom stereocenters. The molecule has 1 aliphatic heterocycles. The monoisotopic (exact) mass is 407 g/mol. The van der Waals surface area contributed by atoms with Crippen molar-refractivity contribution in [2.45, 2.75) is 18.9 Å². The highest BCUT2D eigenvalue weighted by molar-refractivity contribution is 5.90. The van der Waals surface area contributed by atoms with E-state index >= 15 is 0 Å². The van der Waals surface area contributed by atoms with Gasteiger partial charge in [-0.1, -0.05) is 0 Å². The molecule has 3 heterocycles. The van der Waals surface area contributed by atoms with Crippen LogP contribution in [-0.2, 0) is 0 Å². The van der Waals surface area contributed by atoms with Gasteiger partial charge in [0.25, 0.3) is 0 Å². The fourth-order valence-corrected chi connectivity index (χ4v) is 3.80. The third-order valence-electron chi connectivity index (χ3n) is 5.19. The first-order chi connectivity index (χ1) is 14.7. The first-order valence-corrected chi connectivity index (χ1v) is 9.81. The highest BCUT2D eigenvalue weighted by atomic mass is 19.1. The van der Waals surface area contributed by atoms with Crippen LogP contribution in [0.25, 0.3) is 22.3 Å². The van der Waals surface area contributed by atoms with Crippen LogP contribution in [0.15, 0.2) is 55.0 Å². The predicted molar refractivity (Wildman–Crippen MR) is 108 cm³/mol. The molecule has 0 amide bonds. The van der Waals surface area contributed by atoms with Gasteiger partial charge in [0.2, 0.25) is 0 Å². The third-order valence-corrected chi connectivity index (χ3v) is 5.19. The summed E-state index contributed by atoms with van der Waals surface area (Å²) in [5, 5.41) is 9.14. The number of halogens is 2. The minimum absolute atomic E-state index is 0.105. The summed E-state index contributed by atoms with van der Waals surface area (Å²) in [6.45, 7) is 1.88. The highest BCUT2D eigenvalue weighted by Crippen LogP contribution is 2.32. The van der Waals surface area contributed by atoms with E-state index < -0.39 is 11.6 Å². The molecule has 30 heavy (non-hydrogen) atoms. The molecule has 1 saturated heterocycles. The van der Waals surface area contributed by atoms with Crippen LogP contribution in [0.2, 0.25) is 0 Å². The van der Waals surface area contributed by atoms with Gasteiger partial charge in [0.1, 0.15) is 35.2 Å². The second kappa shape index (κ2) is 7.79. The van der Waals surface area contributed by atoms with Gasteiger partial charge < -0.3 is 10.1 Å². The van der Waals surface area contributed by atoms with Gasteiger partial charge in [0.05, 0.1) is 11.4 Å². The average molecular weight is 407 g/mol. The fraction of sp³-hybridized carbons (Fsp3) is 0.227. The van der Waals surface area contributed by atoms with Crippen LogP contribution < -0.4 is 10.1 Å². The first-order valence-electron chi connectivity index (χ1n) is 9.81. The average Bonchev–Trinajstić information content (AvgIpc) is 3.14. The molecular weight excluding hydrogens is 388 g/mol. The van der Waals surface area contributed by atoms with Crippen molar-refractivity contribution in [2.75, 3.05) is 13.1 Å². The normalized spacial score (nSPS) is 16.7. The second-order valence-corrected chi connectivity index (χ2v) is 7.28. The second-order valence-electron chi connectivity index (χ2n) is 7.28. The standard InChI is InChI=1S/C22H19F2N5O/c23-15-8-16(24)10-19(9-15)30-18-5-3-14(4-6-18)21-20-12-26-13-27-22(20)29(28-21)17-2-1-7-25-11-17/h3-6,8-10,12-13,17,25H,1-2,7,11H2/t17-/m1/s1. The van der Waals surface area contributed by atoms with Crippen molar-refractivity contribution in [1.82, 2.24) is 25.1 Å². The van der Waals surface area contributed by atoms with E-state index in [0.717, 1.165) is 66.4 Å². The summed E-state index contributed by atoms with van der Waals surface area (Å²) in [5.74, 6) is -0.792. The van der Waals surface area contributed by atoms with Crippen LogP contribution in [0.5, 0.6) is 11.5 Å². The number of nitrogens with zero attached hydrogens (tertiary/aromatic N) is 4. The molecule has 1 aliphatic rings. The number of hydrogen-bond donors (Lipinski definition) is 1. The Morgan fingerprint density at radius 2 is 1.83 bits per heavy atom. The molecule has 4 aromatic rings. The van der Waals surface area contributed by atoms with Crippen molar-refractivity contribution in [3.63, 3.8) is 0 Å². The summed E-state index contributed by atoms with van der Waals surface area (Å²) >= 11 is 0. The zero-order chi connectivity index (χ0) is 20.5. The lowest BCUT2D eigenvalue weighted by atomic mass is 10.1. The van der Waals surface area contributed by atoms with Crippen molar-refractivity contribution < 1.29 is 13.5 Å². The Bertz CT molecular complexity index is 1170. The van der Waals surface area contributed by atoms with Crippen LogP contribution in [0.3, 0.4) is 0 Å². The highest BCUT2D eigenvalue weighted by Gasteiger charge is 2.21. The van der Waals surface area contributed by atoms with E-state index in [9.17, 15) is 8.78 Å². The van der Waals surface area contributed by atoms with E-state index in [0.29, 0.717) is 5.75 Å². The van der Waals surface area contributed by atoms with Gasteiger partial charge in [0.15, 0.2) is 5.65 Å². The molecule has 0 spiro atoms. The van der Waals surface area contributed by atoms with Crippen molar-refractivity contribution in [2.24, 2.45) is 0 Å². The van der Waals surface area contributed by atoms with Crippen LogP contribution in [0.1, 0.15) is 18.9 Å². The van der Waals surface area contributed by atoms with Crippen LogP contribution in [-0.4, -0.2) is 32.8 Å². The Morgan fingerprint density at radius 3 is 2.57 bits per heavy atom. The summed E-state index contributed by atoms with van der Waals surface area (Å²) in [4.78, 5) is 8.63. The van der Waals surface area contributed by atoms with Gasteiger partial charge in [-0.05, 0) is 43.7 Å². The van der Waals surface area contributed by atoms with E-state index in [4.69, 9.17) is 9.84 Å². The van der Waals surface area contributed by atoms with Gasteiger partial charge >= 0.3 is 0 Å². The molecular formula is C22H19F2N5O. The smallest absolute Gasteiger partial charge is 0.162 e. The zero-order valence-electron chi connectivity index (χ0n) is 16.1. The van der Waals surface area contributed by atoms with Crippen LogP contribution >= 0.6 is 0 Å². The number of rotatable bonds is 4. The van der Waals surface area contributed by atoms with Crippen molar-refractivity contribution in [1.29, 1.82) is 0 Å². The van der Waals surface area contributed by atoms with Gasteiger partial charge in [-0.15, -0.1) is 0 Å². The summed E-state index contributed by atoms with van der Waals surface area (Å²) in [6.07, 6.45) is 5.45. The maximum atomic E-state index is 13.4. The van der Waals surface area contributed by atoms with Crippen molar-refractivity contribution in [3.8, 4) is 22.8 Å². The maximum Gasteiger partial charge on any atom is 0.162 e. The Balaban J connectivity index is 1.47. The molecule has 0 unspecified atom stereocenters. The van der Waals surface area contributed by atoms with Crippen molar-refractivity contribution >= 4 is 11.0 Å². The molecule has 0 saturated carbocycles. The van der Waals surface area contributed by atoms with Crippen LogP contribution in [0, 0.1) is 11.6 Å². The molecule has 1 N–H and O–H groups in total. The molecule has 6 nitrogen and oxygen atoms in total. The van der Waals surface area contributed by atoms with Gasteiger partial charge in [0, 0.05) is 36.5 Å². The minimum Gasteiger partial charge on any atom is -0.457 e. The number of hydrogen-bond acceptors (Lipinski definition) is 5. The quantitative estimate of drug-likeness (QED) is 0.540. The lowest BCUT2D eigenvalue weighted by molar-refractivity contribution is 0.354. The largest absolute Gasteiger partial charge is 0.457 e. The molecule has 0 aliphatic carbocycles. The fourth-order valence-electron chi connectivity index (χ4n) is 3.80. The van der Waals surface area contributed by atoms with Crippen molar-refractivity contribution in [3.05, 3.63) is 66.6 Å². The molecule has 5 rings (SSSR count). The number of fused-ring (bicyclic) bond motifs is 1. The Morgan fingerprint density at radius 1 is 1.03 bits per heavy atom. The Labute approximate surface area is 171 Å². The number of aromatic nitrogens is 4. The summed E-state index contributed by atoms with van der Waals surface area (Å²) in [7, 11) is 0. The van der Waals surface area contributed by atoms with Gasteiger partial charge in [-0.2, -0.15) is 5.10 Å². The van der Waals surface area contributed by atoms with E-state index in [2.05, 4.69) is 15.3 Å². The number of benzene rings is 2. The zero-order valence-corrected chi connectivity index (χ0v) is 16.1. The third kappa shape index (κ3) is 3.61. The summed E-state index contributed by atoms with van der Waals surface area (Å²) in [6, 6.07) is 10.6. The number of ether oxygens (including phenoxy) is 1. The lowest BCUT2D eigenvalue weighted by Crippen LogP contribution is -2.32. The van der Waals surface area contributed by atoms with E-state index in [1.54, 1.807) is 18.3 Å². The van der Waals surface area contributed by atoms with Crippen LogP contribution in [0.4, 0.5) is 8.78 Å². The molecule has 8 heteroatoms. The Kier molecular flexibility index (Phi) is 4.84. The van der Waals surface area contributed by atoms with E-state index in [-0.39, 0.29) is 11.8 Å². The van der Waals surface area contributed by atoms with E-state index in [1.807, 2.05) is 16.8 Å². The maximum absolute atomic E-state index is 13.4. The van der Waals surface area contributed by atoms with Gasteiger partial charge in [-0.25, -0.2) is 23.4 Å². The predicted octanol–water partition coefficient (Wildman–Crippen LogP) is 4.49. The molecule has 2 aromatic carbocycles. The Hall–Kier alpha value is -3.39. The number of nitrogens with one attached hydrogen (secondary N) is 1. The molecule has 0 bridgehead atoms. The summed E-state index contributed by atoms with van der Waals surface area (Å²) in [5.41, 5.74) is 2.49. The first kappa shape index (κ1) is 18.6. The molecule has 1 fully saturated rings. The van der Waals surface area contributed by atoms with Gasteiger partial charge in [-0.3, -0.25) is 0 Å². The SMILES string of the molecule is Fc1cc(F)cc(Oc2ccc(-c3nn([C@@H]4CCCNC4)c4ncncc34)cc2)c1. The topological polar surface area (TPSA) is 64.9 Å². The van der Waals surface area contributed by atoms with E-state index in [1.165, 1.54) is 6.33 Å². The minimum atomic E-state index is -0.684. The molecule has 152 valence electrons. The summed E-state index contributed by atoms with van der Waals surface area (Å²) < 4.78 is 34.3. The number of piperidine rings is 1. The lowest BCUT2D eigenvalue weighted by Gasteiger charge is -2.23. The molecule has 0 radical (unpaired) electrons. The molecule has 2 aromatic heterocycles.